The molecular formula is C15H17BrF3N. The molecule has 3 rings (SSSR count). The molecule has 1 aromatic rings. The van der Waals surface area contributed by atoms with E-state index in [4.69, 9.17) is 0 Å². The first-order valence-electron chi connectivity index (χ1n) is 7.06. The van der Waals surface area contributed by atoms with Crippen molar-refractivity contribution in [3.05, 3.63) is 28.2 Å². The smallest absolute Gasteiger partial charge is 0.384 e. The summed E-state index contributed by atoms with van der Waals surface area (Å²) in [5.74, 6) is 2.03. The minimum absolute atomic E-state index is 0.201. The molecule has 1 aromatic carbocycles. The number of alkyl halides is 3. The van der Waals surface area contributed by atoms with E-state index >= 15 is 0 Å². The van der Waals surface area contributed by atoms with E-state index in [1.54, 1.807) is 6.07 Å². The zero-order valence-electron chi connectivity index (χ0n) is 11.0. The predicted molar refractivity (Wildman–Crippen MR) is 76.6 cm³/mol. The van der Waals surface area contributed by atoms with Crippen LogP contribution in [0.25, 0.3) is 0 Å². The van der Waals surface area contributed by atoms with Crippen molar-refractivity contribution in [3.8, 4) is 0 Å². The first kappa shape index (κ1) is 14.2. The summed E-state index contributed by atoms with van der Waals surface area (Å²) < 4.78 is 39.6. The first-order chi connectivity index (χ1) is 9.45. The lowest BCUT2D eigenvalue weighted by molar-refractivity contribution is -0.137. The maximum Gasteiger partial charge on any atom is 0.418 e. The number of nitrogens with one attached hydrogen (secondary N) is 1. The van der Waals surface area contributed by atoms with E-state index in [1.165, 1.54) is 31.7 Å². The second-order valence-corrected chi connectivity index (χ2v) is 6.82. The highest BCUT2D eigenvalue weighted by Crippen LogP contribution is 2.49. The molecule has 0 amide bonds. The maximum atomic E-state index is 13.0. The zero-order valence-corrected chi connectivity index (χ0v) is 12.6. The van der Waals surface area contributed by atoms with Crippen LogP contribution in [0.1, 0.15) is 31.2 Å². The Bertz CT molecular complexity index is 480. The fraction of sp³-hybridized carbons (Fsp3) is 0.600. The molecule has 0 saturated heterocycles. The van der Waals surface area contributed by atoms with Crippen LogP contribution >= 0.6 is 15.9 Å². The summed E-state index contributed by atoms with van der Waals surface area (Å²) in [6.07, 6.45) is 0.663. The fourth-order valence-electron chi connectivity index (χ4n) is 2.90. The van der Waals surface area contributed by atoms with E-state index in [0.29, 0.717) is 16.9 Å². The van der Waals surface area contributed by atoms with Crippen molar-refractivity contribution in [1.82, 2.24) is 0 Å². The SMILES string of the molecule is FC(F)(F)c1cc(Br)ccc1NCC(C1CC1)C1CC1. The molecule has 2 saturated carbocycles. The molecule has 0 heterocycles. The van der Waals surface area contributed by atoms with Crippen LogP contribution in [-0.4, -0.2) is 6.54 Å². The van der Waals surface area contributed by atoms with Crippen molar-refractivity contribution in [3.63, 3.8) is 0 Å². The molecule has 0 aromatic heterocycles. The Hall–Kier alpha value is -0.710. The van der Waals surface area contributed by atoms with Gasteiger partial charge in [-0.3, -0.25) is 0 Å². The van der Waals surface area contributed by atoms with Crippen molar-refractivity contribution in [1.29, 1.82) is 0 Å². The van der Waals surface area contributed by atoms with Crippen LogP contribution in [0.4, 0.5) is 18.9 Å². The van der Waals surface area contributed by atoms with E-state index in [1.807, 2.05) is 0 Å². The molecule has 5 heteroatoms. The molecule has 0 unspecified atom stereocenters. The minimum atomic E-state index is -4.32. The Morgan fingerprint density at radius 2 is 1.75 bits per heavy atom. The van der Waals surface area contributed by atoms with Gasteiger partial charge in [-0.2, -0.15) is 13.2 Å². The summed E-state index contributed by atoms with van der Waals surface area (Å²) in [6, 6.07) is 4.32. The number of rotatable bonds is 5. The van der Waals surface area contributed by atoms with Gasteiger partial charge in [-0.05, 0) is 61.6 Å². The number of anilines is 1. The summed E-state index contributed by atoms with van der Waals surface area (Å²) in [7, 11) is 0. The molecule has 0 atom stereocenters. The van der Waals surface area contributed by atoms with Crippen molar-refractivity contribution >= 4 is 21.6 Å². The van der Waals surface area contributed by atoms with Crippen molar-refractivity contribution < 1.29 is 13.2 Å². The minimum Gasteiger partial charge on any atom is -0.384 e. The van der Waals surface area contributed by atoms with Crippen LogP contribution in [0.15, 0.2) is 22.7 Å². The average Bonchev–Trinajstić information content (AvgIpc) is 3.24. The van der Waals surface area contributed by atoms with Gasteiger partial charge in [-0.1, -0.05) is 15.9 Å². The van der Waals surface area contributed by atoms with Gasteiger partial charge in [-0.15, -0.1) is 0 Å². The first-order valence-corrected chi connectivity index (χ1v) is 7.85. The van der Waals surface area contributed by atoms with E-state index in [0.717, 1.165) is 17.9 Å². The van der Waals surface area contributed by atoms with Crippen molar-refractivity contribution in [2.75, 3.05) is 11.9 Å². The highest BCUT2D eigenvalue weighted by atomic mass is 79.9. The molecule has 0 bridgehead atoms. The van der Waals surface area contributed by atoms with Gasteiger partial charge in [0, 0.05) is 16.7 Å². The molecular weight excluding hydrogens is 331 g/mol. The van der Waals surface area contributed by atoms with Gasteiger partial charge < -0.3 is 5.32 Å². The Kier molecular flexibility index (Phi) is 3.73. The molecule has 0 radical (unpaired) electrons. The van der Waals surface area contributed by atoms with Gasteiger partial charge >= 0.3 is 6.18 Å². The third-order valence-corrected chi connectivity index (χ3v) is 4.76. The van der Waals surface area contributed by atoms with Gasteiger partial charge in [0.15, 0.2) is 0 Å². The summed E-state index contributed by atoms with van der Waals surface area (Å²) in [5, 5.41) is 3.05. The Balaban J connectivity index is 1.73. The van der Waals surface area contributed by atoms with E-state index < -0.39 is 11.7 Å². The number of hydrogen-bond acceptors (Lipinski definition) is 1. The molecule has 1 nitrogen and oxygen atoms in total. The van der Waals surface area contributed by atoms with Crippen LogP contribution in [0.5, 0.6) is 0 Å². The Morgan fingerprint density at radius 1 is 1.15 bits per heavy atom. The summed E-state index contributed by atoms with van der Waals surface area (Å²) in [4.78, 5) is 0. The lowest BCUT2D eigenvalue weighted by Gasteiger charge is -2.20. The lowest BCUT2D eigenvalue weighted by atomic mass is 9.97. The van der Waals surface area contributed by atoms with Gasteiger partial charge in [0.2, 0.25) is 0 Å². The maximum absolute atomic E-state index is 13.0. The summed E-state index contributed by atoms with van der Waals surface area (Å²) in [6.45, 7) is 0.667. The summed E-state index contributed by atoms with van der Waals surface area (Å²) >= 11 is 3.11. The van der Waals surface area contributed by atoms with E-state index in [2.05, 4.69) is 21.2 Å². The monoisotopic (exact) mass is 347 g/mol. The van der Waals surface area contributed by atoms with Gasteiger partial charge in [-0.25, -0.2) is 0 Å². The van der Waals surface area contributed by atoms with Gasteiger partial charge in [0.1, 0.15) is 0 Å². The second kappa shape index (κ2) is 5.24. The summed E-state index contributed by atoms with van der Waals surface area (Å²) in [5.41, 5.74) is -0.385. The topological polar surface area (TPSA) is 12.0 Å². The highest BCUT2D eigenvalue weighted by Gasteiger charge is 2.41. The van der Waals surface area contributed by atoms with Crippen LogP contribution in [0.2, 0.25) is 0 Å². The Labute approximate surface area is 125 Å². The van der Waals surface area contributed by atoms with Crippen LogP contribution in [0.3, 0.4) is 0 Å². The molecule has 110 valence electrons. The number of hydrogen-bond donors (Lipinski definition) is 1. The van der Waals surface area contributed by atoms with Gasteiger partial charge in [0.05, 0.1) is 5.56 Å². The molecule has 20 heavy (non-hydrogen) atoms. The Morgan fingerprint density at radius 3 is 2.25 bits per heavy atom. The normalized spacial score (nSPS) is 19.4. The predicted octanol–water partition coefficient (Wildman–Crippen LogP) is 5.32. The highest BCUT2D eigenvalue weighted by molar-refractivity contribution is 9.10. The largest absolute Gasteiger partial charge is 0.418 e. The zero-order chi connectivity index (χ0) is 14.3. The van der Waals surface area contributed by atoms with Gasteiger partial charge in [0.25, 0.3) is 0 Å². The van der Waals surface area contributed by atoms with E-state index in [9.17, 15) is 13.2 Å². The van der Waals surface area contributed by atoms with Crippen LogP contribution in [0, 0.1) is 17.8 Å². The number of benzene rings is 1. The molecule has 1 N–H and O–H groups in total. The van der Waals surface area contributed by atoms with Crippen molar-refractivity contribution in [2.24, 2.45) is 17.8 Å². The number of halogens is 4. The average molecular weight is 348 g/mol. The molecule has 2 aliphatic carbocycles. The van der Waals surface area contributed by atoms with Crippen molar-refractivity contribution in [2.45, 2.75) is 31.9 Å². The molecule has 2 fully saturated rings. The molecule has 0 spiro atoms. The van der Waals surface area contributed by atoms with Crippen LogP contribution < -0.4 is 5.32 Å². The lowest BCUT2D eigenvalue weighted by Crippen LogP contribution is -2.20. The van der Waals surface area contributed by atoms with Crippen LogP contribution in [-0.2, 0) is 6.18 Å². The molecule has 0 aliphatic heterocycles. The standard InChI is InChI=1S/C15H17BrF3N/c16-11-5-6-14(13(7-11)15(17,18)19)20-8-12(9-1-2-9)10-3-4-10/h5-7,9-10,12,20H,1-4,8H2. The fourth-order valence-corrected chi connectivity index (χ4v) is 3.26. The van der Waals surface area contributed by atoms with E-state index in [-0.39, 0.29) is 5.69 Å². The third kappa shape index (κ3) is 3.30. The third-order valence-electron chi connectivity index (χ3n) is 4.27. The molecule has 2 aliphatic rings. The second-order valence-electron chi connectivity index (χ2n) is 5.91. The quantitative estimate of drug-likeness (QED) is 0.760.